The minimum absolute atomic E-state index is 0.173. The predicted molar refractivity (Wildman–Crippen MR) is 137 cm³/mol. The number of carbonyl (C=O) groups excluding carboxylic acids is 2. The molecule has 1 aliphatic carbocycles. The molecule has 1 saturated carbocycles. The Labute approximate surface area is 209 Å². The number of nitrogens with one attached hydrogen (secondary N) is 2. The second-order valence-corrected chi connectivity index (χ2v) is 8.88. The van der Waals surface area contributed by atoms with Gasteiger partial charge in [0, 0.05) is 35.9 Å². The van der Waals surface area contributed by atoms with Gasteiger partial charge in [0.05, 0.1) is 0 Å². The van der Waals surface area contributed by atoms with Gasteiger partial charge in [0.15, 0.2) is 0 Å². The molecule has 3 N–H and O–H groups in total. The molecule has 1 fully saturated rings. The molecule has 3 aromatic carbocycles. The minimum Gasteiger partial charge on any atom is -0.355 e. The number of benzene rings is 3. The normalized spacial score (nSPS) is 13.5. The van der Waals surface area contributed by atoms with Crippen molar-refractivity contribution in [2.24, 2.45) is 5.92 Å². The van der Waals surface area contributed by atoms with E-state index in [1.54, 1.807) is 17.8 Å². The van der Waals surface area contributed by atoms with Crippen LogP contribution in [-0.4, -0.2) is 33.8 Å². The molecule has 1 atom stereocenters. The lowest BCUT2D eigenvalue weighted by Crippen LogP contribution is -2.33. The fourth-order valence-corrected chi connectivity index (χ4v) is 4.28. The monoisotopic (exact) mass is 478 g/mol. The molecule has 4 aromatic rings. The summed E-state index contributed by atoms with van der Waals surface area (Å²) in [6.07, 6.45) is 2.48. The van der Waals surface area contributed by atoms with Gasteiger partial charge in [-0.15, -0.1) is 0 Å². The molecule has 36 heavy (non-hydrogen) atoms. The van der Waals surface area contributed by atoms with Crippen molar-refractivity contribution in [3.8, 4) is 23.0 Å². The number of hydrogen-bond acceptors (Lipinski definition) is 4. The highest BCUT2D eigenvalue weighted by Crippen LogP contribution is 2.33. The number of aromatic nitrogens is 2. The third-order valence-corrected chi connectivity index (χ3v) is 6.34. The molecule has 1 heterocycles. The Morgan fingerprint density at radius 2 is 1.86 bits per heavy atom. The highest BCUT2D eigenvalue weighted by molar-refractivity contribution is 5.99. The molecule has 7 nitrogen and oxygen atoms in total. The fraction of sp³-hybridized carbons (Fsp3) is 0.207. The first-order valence-electron chi connectivity index (χ1n) is 11.9. The zero-order valence-electron chi connectivity index (χ0n) is 19.9. The van der Waals surface area contributed by atoms with E-state index in [1.165, 1.54) is 0 Å². The van der Waals surface area contributed by atoms with Gasteiger partial charge >= 0.3 is 0 Å². The third-order valence-electron chi connectivity index (χ3n) is 6.34. The van der Waals surface area contributed by atoms with Crippen molar-refractivity contribution in [3.63, 3.8) is 0 Å². The van der Waals surface area contributed by atoms with Gasteiger partial charge in [0.2, 0.25) is 0 Å². The smallest absolute Gasteiger partial charge is 0.268 e. The standard InChI is InChI=1S/C29H26N4O3/c1-30-28(34)22-10-5-9-21(18-22)23-11-6-12-24-25(16-15-19-13-14-19)33(31-27(23)24)26(29(35)32-36)17-20-7-3-2-4-8-20/h2-12,18-19,26,36H,13-14,17H2,1H3,(H,30,34)(H,32,35). The summed E-state index contributed by atoms with van der Waals surface area (Å²) in [5.74, 6) is 6.20. The maximum Gasteiger partial charge on any atom is 0.268 e. The summed E-state index contributed by atoms with van der Waals surface area (Å²) in [7, 11) is 1.60. The molecule has 1 aromatic heterocycles. The summed E-state index contributed by atoms with van der Waals surface area (Å²) >= 11 is 0. The van der Waals surface area contributed by atoms with Crippen molar-refractivity contribution >= 4 is 22.7 Å². The average molecular weight is 479 g/mol. The van der Waals surface area contributed by atoms with Gasteiger partial charge in [-0.2, -0.15) is 5.10 Å². The van der Waals surface area contributed by atoms with Crippen molar-refractivity contribution in [1.82, 2.24) is 20.6 Å². The molecule has 180 valence electrons. The van der Waals surface area contributed by atoms with Crippen LogP contribution in [-0.2, 0) is 11.2 Å². The SMILES string of the molecule is CNC(=O)c1cccc(-c2cccc3c(C#CC4CC4)n(C(Cc4ccccc4)C(=O)NO)nc23)c1. The van der Waals surface area contributed by atoms with Crippen LogP contribution in [0.3, 0.4) is 0 Å². The Morgan fingerprint density at radius 1 is 1.08 bits per heavy atom. The van der Waals surface area contributed by atoms with E-state index in [-0.39, 0.29) is 5.91 Å². The van der Waals surface area contributed by atoms with Crippen molar-refractivity contribution < 1.29 is 14.8 Å². The molecule has 0 radical (unpaired) electrons. The van der Waals surface area contributed by atoms with Crippen LogP contribution in [0.1, 0.15) is 40.5 Å². The van der Waals surface area contributed by atoms with Crippen molar-refractivity contribution in [2.75, 3.05) is 7.05 Å². The zero-order chi connectivity index (χ0) is 25.1. The maximum absolute atomic E-state index is 12.9. The number of carbonyl (C=O) groups is 2. The van der Waals surface area contributed by atoms with Crippen LogP contribution >= 0.6 is 0 Å². The molecular formula is C29H26N4O3. The number of rotatable bonds is 6. The molecule has 0 spiro atoms. The molecule has 1 aliphatic rings. The van der Waals surface area contributed by atoms with Crippen LogP contribution in [0.15, 0.2) is 72.8 Å². The Balaban J connectivity index is 1.69. The quantitative estimate of drug-likeness (QED) is 0.221. The summed E-state index contributed by atoms with van der Waals surface area (Å²) < 4.78 is 1.63. The van der Waals surface area contributed by atoms with Crippen LogP contribution in [0.2, 0.25) is 0 Å². The van der Waals surface area contributed by atoms with Crippen molar-refractivity contribution in [3.05, 3.63) is 89.6 Å². The first-order valence-corrected chi connectivity index (χ1v) is 11.9. The van der Waals surface area contributed by atoms with E-state index < -0.39 is 11.9 Å². The highest BCUT2D eigenvalue weighted by atomic mass is 16.5. The van der Waals surface area contributed by atoms with Gasteiger partial charge in [-0.1, -0.05) is 60.5 Å². The summed E-state index contributed by atoms with van der Waals surface area (Å²) in [6, 6.07) is 22.0. The van der Waals surface area contributed by atoms with Gasteiger partial charge in [-0.25, -0.2) is 10.2 Å². The summed E-state index contributed by atoms with van der Waals surface area (Å²) in [6.45, 7) is 0. The van der Waals surface area contributed by atoms with Gasteiger partial charge in [0.25, 0.3) is 11.8 Å². The Bertz CT molecular complexity index is 1490. The predicted octanol–water partition coefficient (Wildman–Crippen LogP) is 4.11. The lowest BCUT2D eigenvalue weighted by Gasteiger charge is -2.17. The highest BCUT2D eigenvalue weighted by Gasteiger charge is 2.27. The molecule has 7 heteroatoms. The largest absolute Gasteiger partial charge is 0.355 e. The van der Waals surface area contributed by atoms with E-state index in [9.17, 15) is 14.8 Å². The fourth-order valence-electron chi connectivity index (χ4n) is 4.28. The van der Waals surface area contributed by atoms with E-state index in [1.807, 2.05) is 72.2 Å². The Morgan fingerprint density at radius 3 is 2.58 bits per heavy atom. The number of hydrogen-bond donors (Lipinski definition) is 3. The minimum atomic E-state index is -0.807. The Hall–Kier alpha value is -4.41. The molecule has 5 rings (SSSR count). The Kier molecular flexibility index (Phi) is 6.52. The van der Waals surface area contributed by atoms with E-state index in [0.29, 0.717) is 29.1 Å². The van der Waals surface area contributed by atoms with Crippen LogP contribution in [0, 0.1) is 17.8 Å². The summed E-state index contributed by atoms with van der Waals surface area (Å²) in [5, 5.41) is 17.9. The number of fused-ring (bicyclic) bond motifs is 1. The van der Waals surface area contributed by atoms with Gasteiger partial charge < -0.3 is 5.32 Å². The van der Waals surface area contributed by atoms with Crippen LogP contribution < -0.4 is 10.8 Å². The molecule has 0 bridgehead atoms. The number of amides is 2. The van der Waals surface area contributed by atoms with Crippen LogP contribution in [0.4, 0.5) is 0 Å². The van der Waals surface area contributed by atoms with Crippen LogP contribution in [0.25, 0.3) is 22.0 Å². The maximum atomic E-state index is 12.9. The molecular weight excluding hydrogens is 452 g/mol. The van der Waals surface area contributed by atoms with E-state index >= 15 is 0 Å². The zero-order valence-corrected chi connectivity index (χ0v) is 19.9. The first-order chi connectivity index (χ1) is 17.6. The van der Waals surface area contributed by atoms with Crippen molar-refractivity contribution in [2.45, 2.75) is 25.3 Å². The van der Waals surface area contributed by atoms with Gasteiger partial charge in [0.1, 0.15) is 17.3 Å². The second-order valence-electron chi connectivity index (χ2n) is 8.88. The topological polar surface area (TPSA) is 96.2 Å². The molecule has 0 saturated heterocycles. The lowest BCUT2D eigenvalue weighted by atomic mass is 10.00. The van der Waals surface area contributed by atoms with Gasteiger partial charge in [-0.3, -0.25) is 14.8 Å². The lowest BCUT2D eigenvalue weighted by molar-refractivity contribution is -0.133. The third kappa shape index (κ3) is 4.72. The van der Waals surface area contributed by atoms with E-state index in [2.05, 4.69) is 17.2 Å². The van der Waals surface area contributed by atoms with Crippen LogP contribution in [0.5, 0.6) is 0 Å². The van der Waals surface area contributed by atoms with Crippen molar-refractivity contribution in [1.29, 1.82) is 0 Å². The molecule has 0 aliphatic heterocycles. The second kappa shape index (κ2) is 10.1. The summed E-state index contributed by atoms with van der Waals surface area (Å²) in [5.41, 5.74) is 6.26. The number of hydroxylamine groups is 1. The summed E-state index contributed by atoms with van der Waals surface area (Å²) in [4.78, 5) is 25.1. The average Bonchev–Trinajstić information content (AvgIpc) is 3.69. The van der Waals surface area contributed by atoms with E-state index in [4.69, 9.17) is 5.10 Å². The molecule has 2 amide bonds. The van der Waals surface area contributed by atoms with E-state index in [0.717, 1.165) is 34.9 Å². The first kappa shape index (κ1) is 23.3. The number of nitrogens with zero attached hydrogens (tertiary/aromatic N) is 2. The molecule has 1 unspecified atom stereocenters. The van der Waals surface area contributed by atoms with Gasteiger partial charge in [-0.05, 0) is 48.1 Å².